The van der Waals surface area contributed by atoms with E-state index in [2.05, 4.69) is 10.0 Å². The van der Waals surface area contributed by atoms with Gasteiger partial charge >= 0.3 is 0 Å². The molecule has 112 valence electrons. The van der Waals surface area contributed by atoms with Gasteiger partial charge in [0.05, 0.1) is 7.11 Å². The largest absolute Gasteiger partial charge is 0.495 e. The highest BCUT2D eigenvalue weighted by atomic mass is 32.2. The lowest BCUT2D eigenvalue weighted by molar-refractivity contribution is 0.394. The molecule has 0 unspecified atom stereocenters. The van der Waals surface area contributed by atoms with Crippen LogP contribution in [0.15, 0.2) is 23.1 Å². The molecule has 0 aromatic heterocycles. The third kappa shape index (κ3) is 3.71. The van der Waals surface area contributed by atoms with E-state index >= 15 is 0 Å². The summed E-state index contributed by atoms with van der Waals surface area (Å²) >= 11 is 0. The van der Waals surface area contributed by atoms with Crippen LogP contribution in [0.5, 0.6) is 5.75 Å². The van der Waals surface area contributed by atoms with Crippen LogP contribution in [0.2, 0.25) is 0 Å². The van der Waals surface area contributed by atoms with E-state index in [-0.39, 0.29) is 10.9 Å². The highest BCUT2D eigenvalue weighted by Gasteiger charge is 2.21. The molecule has 1 aromatic carbocycles. The molecule has 1 fully saturated rings. The van der Waals surface area contributed by atoms with Crippen LogP contribution in [0.3, 0.4) is 0 Å². The number of nitrogens with one attached hydrogen (secondary N) is 2. The van der Waals surface area contributed by atoms with E-state index in [0.717, 1.165) is 31.4 Å². The normalized spacial score (nSPS) is 19.8. The third-order valence-corrected chi connectivity index (χ3v) is 4.99. The van der Waals surface area contributed by atoms with E-state index in [1.54, 1.807) is 12.1 Å². The molecule has 0 saturated carbocycles. The molecule has 1 aliphatic rings. The van der Waals surface area contributed by atoms with Crippen LogP contribution in [0, 0.1) is 6.92 Å². The second-order valence-corrected chi connectivity index (χ2v) is 6.89. The van der Waals surface area contributed by atoms with Gasteiger partial charge in [-0.2, -0.15) is 0 Å². The molecule has 0 radical (unpaired) electrons. The van der Waals surface area contributed by atoms with Crippen molar-refractivity contribution in [2.75, 3.05) is 20.2 Å². The fraction of sp³-hybridized carbons (Fsp3) is 0.571. The summed E-state index contributed by atoms with van der Waals surface area (Å²) < 4.78 is 32.6. The van der Waals surface area contributed by atoms with Gasteiger partial charge in [-0.05, 0) is 44.0 Å². The first kappa shape index (κ1) is 15.3. The Balaban J connectivity index is 2.11. The first-order valence-electron chi connectivity index (χ1n) is 6.90. The Morgan fingerprint density at radius 3 is 2.85 bits per heavy atom. The van der Waals surface area contributed by atoms with E-state index in [9.17, 15) is 8.42 Å². The Kier molecular flexibility index (Phi) is 5.01. The minimum atomic E-state index is -3.54. The molecular formula is C14H22N2O3S. The van der Waals surface area contributed by atoms with Gasteiger partial charge in [0.25, 0.3) is 0 Å². The van der Waals surface area contributed by atoms with Gasteiger partial charge in [0, 0.05) is 12.6 Å². The number of piperidine rings is 1. The monoisotopic (exact) mass is 298 g/mol. The molecule has 0 spiro atoms. The fourth-order valence-corrected chi connectivity index (χ4v) is 3.71. The first-order chi connectivity index (χ1) is 9.53. The zero-order valence-corrected chi connectivity index (χ0v) is 12.8. The smallest absolute Gasteiger partial charge is 0.244 e. The first-order valence-corrected chi connectivity index (χ1v) is 8.39. The Morgan fingerprint density at radius 1 is 1.40 bits per heavy atom. The van der Waals surface area contributed by atoms with Crippen molar-refractivity contribution in [2.24, 2.45) is 0 Å². The predicted molar refractivity (Wildman–Crippen MR) is 78.6 cm³/mol. The van der Waals surface area contributed by atoms with Crippen molar-refractivity contribution in [3.8, 4) is 5.75 Å². The maximum Gasteiger partial charge on any atom is 0.244 e. The van der Waals surface area contributed by atoms with Crippen LogP contribution < -0.4 is 14.8 Å². The molecule has 1 aromatic rings. The van der Waals surface area contributed by atoms with Crippen LogP contribution in [0.4, 0.5) is 0 Å². The second kappa shape index (κ2) is 6.56. The minimum absolute atomic E-state index is 0.204. The Labute approximate surface area is 120 Å². The van der Waals surface area contributed by atoms with Crippen molar-refractivity contribution in [2.45, 2.75) is 37.1 Å². The van der Waals surface area contributed by atoms with Gasteiger partial charge in [0.2, 0.25) is 10.0 Å². The van der Waals surface area contributed by atoms with Crippen LogP contribution in [-0.4, -0.2) is 34.7 Å². The van der Waals surface area contributed by atoms with E-state index in [4.69, 9.17) is 4.74 Å². The molecule has 2 N–H and O–H groups in total. The Bertz CT molecular complexity index is 552. The van der Waals surface area contributed by atoms with Crippen molar-refractivity contribution in [3.63, 3.8) is 0 Å². The topological polar surface area (TPSA) is 67.4 Å². The Morgan fingerprint density at radius 2 is 2.20 bits per heavy atom. The van der Waals surface area contributed by atoms with E-state index < -0.39 is 10.0 Å². The number of methoxy groups -OCH3 is 1. The summed E-state index contributed by atoms with van der Waals surface area (Å²) in [7, 11) is -2.06. The summed E-state index contributed by atoms with van der Waals surface area (Å²) in [6, 6.07) is 5.37. The van der Waals surface area contributed by atoms with Crippen molar-refractivity contribution >= 4 is 10.0 Å². The lowest BCUT2D eigenvalue weighted by atomic mass is 10.1. The number of hydrogen-bond acceptors (Lipinski definition) is 4. The van der Waals surface area contributed by atoms with Crippen molar-refractivity contribution in [3.05, 3.63) is 23.8 Å². The quantitative estimate of drug-likeness (QED) is 0.863. The van der Waals surface area contributed by atoms with Gasteiger partial charge in [-0.15, -0.1) is 0 Å². The van der Waals surface area contributed by atoms with Crippen LogP contribution in [0.25, 0.3) is 0 Å². The van der Waals surface area contributed by atoms with E-state index in [1.165, 1.54) is 7.11 Å². The van der Waals surface area contributed by atoms with E-state index in [1.807, 2.05) is 13.0 Å². The minimum Gasteiger partial charge on any atom is -0.495 e. The summed E-state index contributed by atoms with van der Waals surface area (Å²) in [6.45, 7) is 3.24. The highest BCUT2D eigenvalue weighted by Crippen LogP contribution is 2.24. The molecule has 0 bridgehead atoms. The molecule has 0 aliphatic carbocycles. The van der Waals surface area contributed by atoms with Crippen molar-refractivity contribution in [1.82, 2.24) is 10.0 Å². The summed E-state index contributed by atoms with van der Waals surface area (Å²) in [5.41, 5.74) is 0.891. The SMILES string of the molecule is COc1ccc(C)cc1S(=O)(=O)NC[C@H]1CCCCN1. The summed E-state index contributed by atoms with van der Waals surface area (Å²) in [5, 5.41) is 3.32. The number of ether oxygens (including phenoxy) is 1. The molecule has 6 heteroatoms. The number of rotatable bonds is 5. The Hall–Kier alpha value is -1.11. The van der Waals surface area contributed by atoms with Gasteiger partial charge < -0.3 is 10.1 Å². The standard InChI is InChI=1S/C14H22N2O3S/c1-11-6-7-13(19-2)14(9-11)20(17,18)16-10-12-5-3-4-8-15-12/h6-7,9,12,15-16H,3-5,8,10H2,1-2H3/t12-/m1/s1. The fourth-order valence-electron chi connectivity index (χ4n) is 2.38. The molecule has 5 nitrogen and oxygen atoms in total. The number of benzene rings is 1. The number of hydrogen-bond donors (Lipinski definition) is 2. The van der Waals surface area contributed by atoms with Gasteiger partial charge in [0.15, 0.2) is 0 Å². The molecule has 1 aliphatic heterocycles. The maximum absolute atomic E-state index is 12.4. The van der Waals surface area contributed by atoms with Crippen molar-refractivity contribution in [1.29, 1.82) is 0 Å². The van der Waals surface area contributed by atoms with Crippen LogP contribution in [-0.2, 0) is 10.0 Å². The lowest BCUT2D eigenvalue weighted by Gasteiger charge is -2.23. The molecular weight excluding hydrogens is 276 g/mol. The molecule has 1 heterocycles. The highest BCUT2D eigenvalue weighted by molar-refractivity contribution is 7.89. The van der Waals surface area contributed by atoms with Crippen LogP contribution in [0.1, 0.15) is 24.8 Å². The van der Waals surface area contributed by atoms with Gasteiger partial charge in [0.1, 0.15) is 10.6 Å². The molecule has 1 saturated heterocycles. The number of sulfonamides is 1. The lowest BCUT2D eigenvalue weighted by Crippen LogP contribution is -2.43. The summed E-state index contributed by atoms with van der Waals surface area (Å²) in [5.74, 6) is 0.375. The van der Waals surface area contributed by atoms with Gasteiger partial charge in [-0.1, -0.05) is 12.5 Å². The molecule has 2 rings (SSSR count). The van der Waals surface area contributed by atoms with Gasteiger partial charge in [-0.3, -0.25) is 0 Å². The number of aryl methyl sites for hydroxylation is 1. The van der Waals surface area contributed by atoms with Crippen molar-refractivity contribution < 1.29 is 13.2 Å². The average Bonchev–Trinajstić information content (AvgIpc) is 2.46. The average molecular weight is 298 g/mol. The van der Waals surface area contributed by atoms with E-state index in [0.29, 0.717) is 12.3 Å². The summed E-state index contributed by atoms with van der Waals surface area (Å²) in [6.07, 6.45) is 3.32. The molecule has 20 heavy (non-hydrogen) atoms. The third-order valence-electron chi connectivity index (χ3n) is 3.54. The maximum atomic E-state index is 12.4. The zero-order chi connectivity index (χ0) is 14.6. The molecule has 0 amide bonds. The van der Waals surface area contributed by atoms with Gasteiger partial charge in [-0.25, -0.2) is 13.1 Å². The summed E-state index contributed by atoms with van der Waals surface area (Å²) in [4.78, 5) is 0.204. The zero-order valence-electron chi connectivity index (χ0n) is 12.0. The molecule has 1 atom stereocenters. The van der Waals surface area contributed by atoms with Crippen LogP contribution >= 0.6 is 0 Å². The second-order valence-electron chi connectivity index (χ2n) is 5.15. The predicted octanol–water partition coefficient (Wildman–Crippen LogP) is 1.42.